The van der Waals surface area contributed by atoms with Crippen LogP contribution in [-0.2, 0) is 0 Å². The average Bonchev–Trinajstić information content (AvgIpc) is 2.34. The third-order valence-electron chi connectivity index (χ3n) is 3.24. The Balaban J connectivity index is 2.18. The van der Waals surface area contributed by atoms with Crippen LogP contribution in [0, 0.1) is 5.92 Å². The van der Waals surface area contributed by atoms with Crippen LogP contribution in [-0.4, -0.2) is 10.9 Å². The van der Waals surface area contributed by atoms with E-state index >= 15 is 0 Å². The van der Waals surface area contributed by atoms with Crippen molar-refractivity contribution in [2.24, 2.45) is 11.1 Å². The van der Waals surface area contributed by atoms with Gasteiger partial charge in [0, 0.05) is 10.9 Å². The second-order valence-electron chi connectivity index (χ2n) is 4.33. The molecular weight excluding hydrogens is 222 g/mol. The molecule has 1 aliphatic rings. The Morgan fingerprint density at radius 2 is 1.75 bits per heavy atom. The highest BCUT2D eigenvalue weighted by atomic mass is 35.5. The molecule has 1 saturated carbocycles. The Morgan fingerprint density at radius 1 is 1.12 bits per heavy atom. The highest BCUT2D eigenvalue weighted by Crippen LogP contribution is 2.27. The Hall–Kier alpha value is -1.02. The van der Waals surface area contributed by atoms with Crippen LogP contribution in [0.3, 0.4) is 0 Å². The minimum Gasteiger partial charge on any atom is -0.411 e. The topological polar surface area (TPSA) is 32.6 Å². The summed E-state index contributed by atoms with van der Waals surface area (Å²) in [6, 6.07) is 7.52. The molecule has 3 heteroatoms. The molecule has 0 heterocycles. The van der Waals surface area contributed by atoms with Gasteiger partial charge in [0.15, 0.2) is 0 Å². The SMILES string of the molecule is ON=C(c1ccc(Cl)cc1)C1CCCCC1. The minimum absolute atomic E-state index is 0.403. The molecule has 0 atom stereocenters. The van der Waals surface area contributed by atoms with E-state index < -0.39 is 0 Å². The summed E-state index contributed by atoms with van der Waals surface area (Å²) in [5.41, 5.74) is 1.80. The van der Waals surface area contributed by atoms with Crippen molar-refractivity contribution in [2.75, 3.05) is 0 Å². The van der Waals surface area contributed by atoms with Crippen molar-refractivity contribution in [1.82, 2.24) is 0 Å². The fourth-order valence-electron chi connectivity index (χ4n) is 2.37. The molecule has 0 spiro atoms. The number of hydrogen-bond donors (Lipinski definition) is 1. The van der Waals surface area contributed by atoms with E-state index in [2.05, 4.69) is 5.16 Å². The molecule has 1 aliphatic carbocycles. The van der Waals surface area contributed by atoms with Gasteiger partial charge in [0.2, 0.25) is 0 Å². The maximum absolute atomic E-state index is 9.16. The lowest BCUT2D eigenvalue weighted by molar-refractivity contribution is 0.310. The van der Waals surface area contributed by atoms with Crippen LogP contribution in [0.25, 0.3) is 0 Å². The van der Waals surface area contributed by atoms with E-state index in [9.17, 15) is 0 Å². The van der Waals surface area contributed by atoms with E-state index in [0.717, 1.165) is 24.1 Å². The fraction of sp³-hybridized carbons (Fsp3) is 0.462. The van der Waals surface area contributed by atoms with Gasteiger partial charge in [0.05, 0.1) is 5.71 Å². The van der Waals surface area contributed by atoms with Crippen LogP contribution < -0.4 is 0 Å². The molecule has 0 aliphatic heterocycles. The molecule has 2 nitrogen and oxygen atoms in total. The van der Waals surface area contributed by atoms with Crippen LogP contribution in [0.2, 0.25) is 5.02 Å². The Kier molecular flexibility index (Phi) is 3.83. The molecule has 1 N–H and O–H groups in total. The van der Waals surface area contributed by atoms with Crippen molar-refractivity contribution >= 4 is 17.3 Å². The lowest BCUT2D eigenvalue weighted by Gasteiger charge is -2.22. The summed E-state index contributed by atoms with van der Waals surface area (Å²) in [5, 5.41) is 13.4. The van der Waals surface area contributed by atoms with Gasteiger partial charge in [0.25, 0.3) is 0 Å². The third kappa shape index (κ3) is 2.56. The zero-order chi connectivity index (χ0) is 11.4. The van der Waals surface area contributed by atoms with Crippen LogP contribution in [0.5, 0.6) is 0 Å². The van der Waals surface area contributed by atoms with Gasteiger partial charge in [-0.2, -0.15) is 0 Å². The molecule has 0 amide bonds. The van der Waals surface area contributed by atoms with Crippen LogP contribution in [0.4, 0.5) is 0 Å². The van der Waals surface area contributed by atoms with E-state index in [1.54, 1.807) is 0 Å². The van der Waals surface area contributed by atoms with E-state index in [4.69, 9.17) is 16.8 Å². The summed E-state index contributed by atoms with van der Waals surface area (Å²) in [7, 11) is 0. The van der Waals surface area contributed by atoms with Crippen molar-refractivity contribution in [3.8, 4) is 0 Å². The van der Waals surface area contributed by atoms with Crippen molar-refractivity contribution in [3.63, 3.8) is 0 Å². The predicted octanol–water partition coefficient (Wildman–Crippen LogP) is 4.10. The molecule has 86 valence electrons. The molecule has 16 heavy (non-hydrogen) atoms. The lowest BCUT2D eigenvalue weighted by Crippen LogP contribution is -2.18. The fourth-order valence-corrected chi connectivity index (χ4v) is 2.50. The van der Waals surface area contributed by atoms with Crippen molar-refractivity contribution in [1.29, 1.82) is 0 Å². The maximum atomic E-state index is 9.16. The molecule has 0 radical (unpaired) electrons. The predicted molar refractivity (Wildman–Crippen MR) is 66.4 cm³/mol. The number of benzene rings is 1. The minimum atomic E-state index is 0.403. The van der Waals surface area contributed by atoms with Gasteiger partial charge in [-0.05, 0) is 30.5 Å². The van der Waals surface area contributed by atoms with Crippen LogP contribution in [0.1, 0.15) is 37.7 Å². The van der Waals surface area contributed by atoms with Crippen LogP contribution in [0.15, 0.2) is 29.4 Å². The highest BCUT2D eigenvalue weighted by molar-refractivity contribution is 6.30. The number of nitrogens with zero attached hydrogens (tertiary/aromatic N) is 1. The van der Waals surface area contributed by atoms with Gasteiger partial charge < -0.3 is 5.21 Å². The lowest BCUT2D eigenvalue weighted by atomic mass is 9.83. The summed E-state index contributed by atoms with van der Waals surface area (Å²) >= 11 is 5.84. The quantitative estimate of drug-likeness (QED) is 0.469. The van der Waals surface area contributed by atoms with Crippen molar-refractivity contribution in [2.45, 2.75) is 32.1 Å². The van der Waals surface area contributed by atoms with Crippen LogP contribution >= 0.6 is 11.6 Å². The number of rotatable bonds is 2. The first kappa shape index (κ1) is 11.5. The number of hydrogen-bond acceptors (Lipinski definition) is 2. The van der Waals surface area contributed by atoms with E-state index in [0.29, 0.717) is 10.9 Å². The zero-order valence-electron chi connectivity index (χ0n) is 9.19. The molecule has 1 aromatic carbocycles. The first-order valence-electron chi connectivity index (χ1n) is 5.79. The monoisotopic (exact) mass is 237 g/mol. The second kappa shape index (κ2) is 5.35. The smallest absolute Gasteiger partial charge is 0.0898 e. The van der Waals surface area contributed by atoms with Gasteiger partial charge in [0.1, 0.15) is 0 Å². The van der Waals surface area contributed by atoms with E-state index in [1.807, 2.05) is 24.3 Å². The molecule has 1 fully saturated rings. The first-order valence-corrected chi connectivity index (χ1v) is 6.17. The van der Waals surface area contributed by atoms with Gasteiger partial charge in [-0.25, -0.2) is 0 Å². The molecule has 0 aromatic heterocycles. The van der Waals surface area contributed by atoms with E-state index in [-0.39, 0.29) is 0 Å². The Morgan fingerprint density at radius 3 is 2.31 bits per heavy atom. The molecule has 1 aromatic rings. The third-order valence-corrected chi connectivity index (χ3v) is 3.49. The average molecular weight is 238 g/mol. The van der Waals surface area contributed by atoms with Crippen molar-refractivity contribution in [3.05, 3.63) is 34.9 Å². The molecule has 0 saturated heterocycles. The van der Waals surface area contributed by atoms with Crippen molar-refractivity contribution < 1.29 is 5.21 Å². The highest BCUT2D eigenvalue weighted by Gasteiger charge is 2.20. The summed E-state index contributed by atoms with van der Waals surface area (Å²) in [5.74, 6) is 0.403. The van der Waals surface area contributed by atoms with Gasteiger partial charge in [-0.3, -0.25) is 0 Å². The maximum Gasteiger partial charge on any atom is 0.0898 e. The Labute approximate surface area is 101 Å². The largest absolute Gasteiger partial charge is 0.411 e. The summed E-state index contributed by atoms with van der Waals surface area (Å²) in [4.78, 5) is 0. The standard InChI is InChI=1S/C13H16ClNO/c14-12-8-6-11(7-9-12)13(15-16)10-4-2-1-3-5-10/h6-10,16H,1-5H2. The number of oxime groups is 1. The molecule has 0 unspecified atom stereocenters. The molecule has 2 rings (SSSR count). The summed E-state index contributed by atoms with van der Waals surface area (Å²) in [6.45, 7) is 0. The molecular formula is C13H16ClNO. The summed E-state index contributed by atoms with van der Waals surface area (Å²) in [6.07, 6.45) is 6.02. The summed E-state index contributed by atoms with van der Waals surface area (Å²) < 4.78 is 0. The first-order chi connectivity index (χ1) is 7.81. The Bertz CT molecular complexity index is 366. The van der Waals surface area contributed by atoms with Gasteiger partial charge in [-0.15, -0.1) is 0 Å². The molecule has 0 bridgehead atoms. The number of halogens is 1. The second-order valence-corrected chi connectivity index (χ2v) is 4.76. The van der Waals surface area contributed by atoms with E-state index in [1.165, 1.54) is 19.3 Å². The van der Waals surface area contributed by atoms with Gasteiger partial charge in [-0.1, -0.05) is 48.2 Å². The zero-order valence-corrected chi connectivity index (χ0v) is 9.95. The van der Waals surface area contributed by atoms with Gasteiger partial charge >= 0.3 is 0 Å². The normalized spacial score (nSPS) is 18.7.